The van der Waals surface area contributed by atoms with Crippen LogP contribution in [0.4, 0.5) is 0 Å². The summed E-state index contributed by atoms with van der Waals surface area (Å²) in [7, 11) is 2.12. The first-order chi connectivity index (χ1) is 13.5. The van der Waals surface area contributed by atoms with Gasteiger partial charge < -0.3 is 25.4 Å². The molecule has 0 aromatic heterocycles. The smallest absolute Gasteiger partial charge is 0.191 e. The molecule has 1 aromatic carbocycles. The Hall–Kier alpha value is -1.67. The van der Waals surface area contributed by atoms with Gasteiger partial charge in [0.1, 0.15) is 0 Å². The minimum atomic E-state index is -0.857. The number of nitrogens with zero attached hydrogens (tertiary/aromatic N) is 3. The molecule has 7 nitrogen and oxygen atoms in total. The third-order valence-corrected chi connectivity index (χ3v) is 4.67. The fourth-order valence-electron chi connectivity index (χ4n) is 3.22. The van der Waals surface area contributed by atoms with E-state index in [1.807, 2.05) is 19.9 Å². The van der Waals surface area contributed by atoms with Gasteiger partial charge in [0.05, 0.1) is 25.4 Å². The number of rotatable bonds is 10. The van der Waals surface area contributed by atoms with E-state index in [0.29, 0.717) is 13.1 Å². The first-order valence-corrected chi connectivity index (χ1v) is 10.3. The number of benzene rings is 1. The number of guanidine groups is 1. The highest BCUT2D eigenvalue weighted by Gasteiger charge is 2.25. The summed E-state index contributed by atoms with van der Waals surface area (Å²) in [6.07, 6.45) is 0. The Labute approximate surface area is 169 Å². The van der Waals surface area contributed by atoms with Crippen LogP contribution in [-0.4, -0.2) is 92.5 Å². The molecule has 1 aliphatic rings. The summed E-state index contributed by atoms with van der Waals surface area (Å²) in [6, 6.07) is 10.5. The summed E-state index contributed by atoms with van der Waals surface area (Å²) in [4.78, 5) is 9.11. The highest BCUT2D eigenvalue weighted by molar-refractivity contribution is 5.79. The van der Waals surface area contributed by atoms with Crippen molar-refractivity contribution in [1.29, 1.82) is 0 Å². The predicted octanol–water partition coefficient (Wildman–Crippen LogP) is 0.757. The van der Waals surface area contributed by atoms with Crippen LogP contribution in [0.15, 0.2) is 35.3 Å². The monoisotopic (exact) mass is 391 g/mol. The van der Waals surface area contributed by atoms with Crippen molar-refractivity contribution in [1.82, 2.24) is 20.4 Å². The first kappa shape index (κ1) is 22.6. The van der Waals surface area contributed by atoms with Crippen LogP contribution in [0.3, 0.4) is 0 Å². The molecule has 7 heteroatoms. The lowest BCUT2D eigenvalue weighted by atomic mass is 10.1. The molecule has 1 aliphatic heterocycles. The molecule has 1 unspecified atom stereocenters. The van der Waals surface area contributed by atoms with Crippen LogP contribution in [-0.2, 0) is 11.3 Å². The fraction of sp³-hybridized carbons (Fsp3) is 0.667. The fourth-order valence-corrected chi connectivity index (χ4v) is 3.22. The zero-order valence-corrected chi connectivity index (χ0v) is 17.7. The van der Waals surface area contributed by atoms with Gasteiger partial charge in [-0.25, -0.2) is 0 Å². The lowest BCUT2D eigenvalue weighted by molar-refractivity contribution is -0.0180. The maximum Gasteiger partial charge on any atom is 0.191 e. The van der Waals surface area contributed by atoms with Crippen LogP contribution in [0, 0.1) is 0 Å². The summed E-state index contributed by atoms with van der Waals surface area (Å²) in [5.41, 5.74) is 0.453. The molecule has 0 saturated carbocycles. The minimum Gasteiger partial charge on any atom is -0.387 e. The van der Waals surface area contributed by atoms with Crippen molar-refractivity contribution in [3.63, 3.8) is 0 Å². The maximum absolute atomic E-state index is 10.7. The third-order valence-electron chi connectivity index (χ3n) is 4.67. The molecule has 0 radical (unpaired) electrons. The molecule has 1 heterocycles. The van der Waals surface area contributed by atoms with Crippen LogP contribution in [0.25, 0.3) is 0 Å². The molecule has 0 aliphatic carbocycles. The number of hydrogen-bond donors (Lipinski definition) is 3. The van der Waals surface area contributed by atoms with E-state index in [9.17, 15) is 5.11 Å². The van der Waals surface area contributed by atoms with Gasteiger partial charge in [0.25, 0.3) is 0 Å². The Morgan fingerprint density at radius 3 is 2.64 bits per heavy atom. The Morgan fingerprint density at radius 2 is 1.96 bits per heavy atom. The molecular weight excluding hydrogens is 354 g/mol. The number of aliphatic imine (C=N–C) groups is 1. The van der Waals surface area contributed by atoms with Crippen molar-refractivity contribution >= 4 is 5.96 Å². The Morgan fingerprint density at radius 1 is 1.25 bits per heavy atom. The molecule has 28 heavy (non-hydrogen) atoms. The molecule has 158 valence electrons. The minimum absolute atomic E-state index is 0.361. The second-order valence-corrected chi connectivity index (χ2v) is 7.73. The van der Waals surface area contributed by atoms with E-state index in [1.54, 1.807) is 0 Å². The summed E-state index contributed by atoms with van der Waals surface area (Å²) >= 11 is 0. The van der Waals surface area contributed by atoms with E-state index in [0.717, 1.165) is 58.4 Å². The van der Waals surface area contributed by atoms with E-state index >= 15 is 0 Å². The molecule has 1 atom stereocenters. The first-order valence-electron chi connectivity index (χ1n) is 10.3. The van der Waals surface area contributed by atoms with Crippen molar-refractivity contribution in [2.24, 2.45) is 4.99 Å². The zero-order valence-electron chi connectivity index (χ0n) is 17.7. The highest BCUT2D eigenvalue weighted by atomic mass is 16.5. The topological polar surface area (TPSA) is 72.4 Å². The number of β-amino-alcohol motifs (C(OH)–C–C–N with tert-alkyl or cyclic N) is 1. The standard InChI is InChI=1S/C21H37N5O2/c1-4-22-20(23-10-11-25(3)16-19-8-6-5-7-9-19)24-17-21(2,27)18-26-12-14-28-15-13-26/h5-9,27H,4,10-18H2,1-3H3,(H2,22,23,24). The summed E-state index contributed by atoms with van der Waals surface area (Å²) in [5, 5.41) is 17.3. The summed E-state index contributed by atoms with van der Waals surface area (Å²) < 4.78 is 5.37. The Balaban J connectivity index is 1.75. The Kier molecular flexibility index (Phi) is 9.70. The molecular formula is C21H37N5O2. The second-order valence-electron chi connectivity index (χ2n) is 7.73. The second kappa shape index (κ2) is 12.0. The Bertz CT molecular complexity index is 573. The van der Waals surface area contributed by atoms with Gasteiger partial charge in [-0.2, -0.15) is 0 Å². The van der Waals surface area contributed by atoms with Crippen molar-refractivity contribution < 1.29 is 9.84 Å². The van der Waals surface area contributed by atoms with Crippen molar-refractivity contribution in [2.75, 3.05) is 66.1 Å². The van der Waals surface area contributed by atoms with Crippen LogP contribution in [0.5, 0.6) is 0 Å². The zero-order chi connectivity index (χ0) is 20.2. The van der Waals surface area contributed by atoms with Gasteiger partial charge in [-0.3, -0.25) is 9.89 Å². The largest absolute Gasteiger partial charge is 0.387 e. The third kappa shape index (κ3) is 9.01. The van der Waals surface area contributed by atoms with E-state index in [4.69, 9.17) is 4.74 Å². The molecule has 1 fully saturated rings. The van der Waals surface area contributed by atoms with Crippen molar-refractivity contribution in [2.45, 2.75) is 26.0 Å². The van der Waals surface area contributed by atoms with E-state index in [-0.39, 0.29) is 0 Å². The summed E-state index contributed by atoms with van der Waals surface area (Å²) in [5.74, 6) is 0.748. The highest BCUT2D eigenvalue weighted by Crippen LogP contribution is 2.09. The normalized spacial score (nSPS) is 18.1. The van der Waals surface area contributed by atoms with Gasteiger partial charge in [0, 0.05) is 45.8 Å². The van der Waals surface area contributed by atoms with Gasteiger partial charge in [0.2, 0.25) is 0 Å². The van der Waals surface area contributed by atoms with Gasteiger partial charge in [-0.1, -0.05) is 30.3 Å². The molecule has 0 spiro atoms. The number of hydrogen-bond acceptors (Lipinski definition) is 5. The lowest BCUT2D eigenvalue weighted by Gasteiger charge is -2.33. The van der Waals surface area contributed by atoms with E-state index < -0.39 is 5.60 Å². The molecule has 1 aromatic rings. The van der Waals surface area contributed by atoms with Crippen LogP contribution < -0.4 is 10.6 Å². The van der Waals surface area contributed by atoms with Crippen LogP contribution >= 0.6 is 0 Å². The van der Waals surface area contributed by atoms with Gasteiger partial charge in [-0.05, 0) is 26.5 Å². The maximum atomic E-state index is 10.7. The SMILES string of the molecule is CCNC(=NCC(C)(O)CN1CCOCC1)NCCN(C)Cc1ccccc1. The van der Waals surface area contributed by atoms with Gasteiger partial charge in [-0.15, -0.1) is 0 Å². The van der Waals surface area contributed by atoms with Crippen LogP contribution in [0.2, 0.25) is 0 Å². The van der Waals surface area contributed by atoms with Crippen molar-refractivity contribution in [3.8, 4) is 0 Å². The number of ether oxygens (including phenoxy) is 1. The summed E-state index contributed by atoms with van der Waals surface area (Å²) in [6.45, 7) is 11.5. The molecule has 1 saturated heterocycles. The average Bonchev–Trinajstić information content (AvgIpc) is 2.67. The van der Waals surface area contributed by atoms with Gasteiger partial charge in [0.15, 0.2) is 5.96 Å². The number of nitrogens with one attached hydrogen (secondary N) is 2. The lowest BCUT2D eigenvalue weighted by Crippen LogP contribution is -2.48. The average molecular weight is 392 g/mol. The molecule has 0 amide bonds. The number of likely N-dealkylation sites (N-methyl/N-ethyl adjacent to an activating group) is 1. The van der Waals surface area contributed by atoms with Crippen molar-refractivity contribution in [3.05, 3.63) is 35.9 Å². The van der Waals surface area contributed by atoms with E-state index in [1.165, 1.54) is 5.56 Å². The predicted molar refractivity (Wildman–Crippen MR) is 115 cm³/mol. The molecule has 2 rings (SSSR count). The number of aliphatic hydroxyl groups is 1. The van der Waals surface area contributed by atoms with E-state index in [2.05, 4.69) is 56.7 Å². The molecule has 0 bridgehead atoms. The number of morpholine rings is 1. The van der Waals surface area contributed by atoms with Crippen LogP contribution in [0.1, 0.15) is 19.4 Å². The molecule has 3 N–H and O–H groups in total. The quantitative estimate of drug-likeness (QED) is 0.404. The van der Waals surface area contributed by atoms with Gasteiger partial charge >= 0.3 is 0 Å².